The Balaban J connectivity index is 2.03. The van der Waals surface area contributed by atoms with Crippen molar-refractivity contribution in [2.75, 3.05) is 5.75 Å². The Morgan fingerprint density at radius 1 is 1.30 bits per heavy atom. The normalized spacial score (nSPS) is 13.3. The number of ether oxygens (including phenoxy) is 1. The third-order valence-corrected chi connectivity index (χ3v) is 5.75. The highest BCUT2D eigenvalue weighted by Crippen LogP contribution is 2.36. The molecule has 0 saturated carbocycles. The fraction of sp³-hybridized carbons (Fsp3) is 0.333. The summed E-state index contributed by atoms with van der Waals surface area (Å²) in [4.78, 5) is 12.8. The third-order valence-electron chi connectivity index (χ3n) is 3.76. The van der Waals surface area contributed by atoms with Crippen LogP contribution in [0.15, 0.2) is 40.8 Å². The zero-order chi connectivity index (χ0) is 22.1. The molecular formula is C18H16F3N5O2S2. The molecule has 3 aromatic rings. The van der Waals surface area contributed by atoms with Crippen LogP contribution in [0.1, 0.15) is 20.8 Å². The van der Waals surface area contributed by atoms with Crippen molar-refractivity contribution in [3.8, 4) is 23.2 Å². The minimum Gasteiger partial charge on any atom is -0.611 e. The maximum Gasteiger partial charge on any atom is 0.447 e. The SMILES string of the molecule is CC[S@@+]([O-])c1cc(OC(C)(C)C#N)cnc1-c1cn2cnc(SC(F)(F)F)cc2n1. The van der Waals surface area contributed by atoms with Crippen LogP contribution in [0, 0.1) is 11.3 Å². The largest absolute Gasteiger partial charge is 0.611 e. The molecule has 3 aromatic heterocycles. The summed E-state index contributed by atoms with van der Waals surface area (Å²) in [6.07, 6.45) is 4.16. The van der Waals surface area contributed by atoms with Crippen molar-refractivity contribution in [3.63, 3.8) is 0 Å². The first-order valence-corrected chi connectivity index (χ1v) is 10.7. The second-order valence-electron chi connectivity index (χ2n) is 6.54. The molecule has 0 amide bonds. The van der Waals surface area contributed by atoms with Crippen LogP contribution in [-0.2, 0) is 11.2 Å². The highest BCUT2D eigenvalue weighted by molar-refractivity contribution is 8.00. The summed E-state index contributed by atoms with van der Waals surface area (Å²) in [7, 11) is 0. The molecule has 0 aromatic carbocycles. The molecule has 0 aliphatic heterocycles. The van der Waals surface area contributed by atoms with Gasteiger partial charge < -0.3 is 9.29 Å². The molecule has 0 fully saturated rings. The summed E-state index contributed by atoms with van der Waals surface area (Å²) in [5.74, 6) is 0.581. The average Bonchev–Trinajstić information content (AvgIpc) is 3.08. The van der Waals surface area contributed by atoms with Crippen LogP contribution in [0.25, 0.3) is 17.0 Å². The molecule has 7 nitrogen and oxygen atoms in total. The average molecular weight is 455 g/mol. The maximum absolute atomic E-state index is 12.6. The Morgan fingerprint density at radius 2 is 2.03 bits per heavy atom. The lowest BCUT2D eigenvalue weighted by atomic mass is 10.2. The van der Waals surface area contributed by atoms with Gasteiger partial charge in [-0.25, -0.2) is 15.0 Å². The third kappa shape index (κ3) is 5.16. The second-order valence-corrected chi connectivity index (χ2v) is 9.34. The van der Waals surface area contributed by atoms with Crippen molar-refractivity contribution in [1.29, 1.82) is 5.26 Å². The van der Waals surface area contributed by atoms with Gasteiger partial charge in [0.15, 0.2) is 10.5 Å². The minimum atomic E-state index is -4.46. The van der Waals surface area contributed by atoms with Gasteiger partial charge in [0.1, 0.15) is 46.0 Å². The molecule has 0 unspecified atom stereocenters. The van der Waals surface area contributed by atoms with Gasteiger partial charge in [0.2, 0.25) is 0 Å². The van der Waals surface area contributed by atoms with Crippen LogP contribution >= 0.6 is 11.8 Å². The molecule has 0 saturated heterocycles. The van der Waals surface area contributed by atoms with Crippen LogP contribution in [0.5, 0.6) is 5.75 Å². The lowest BCUT2D eigenvalue weighted by Gasteiger charge is -2.19. The van der Waals surface area contributed by atoms with Gasteiger partial charge in [-0.05, 0) is 31.9 Å². The fourth-order valence-corrected chi connectivity index (χ4v) is 3.92. The van der Waals surface area contributed by atoms with Crippen LogP contribution in [-0.4, -0.2) is 40.8 Å². The minimum absolute atomic E-state index is 0.236. The van der Waals surface area contributed by atoms with Crippen LogP contribution in [0.3, 0.4) is 0 Å². The number of nitrogens with zero attached hydrogens (tertiary/aromatic N) is 5. The molecule has 12 heteroatoms. The second kappa shape index (κ2) is 8.33. The first-order chi connectivity index (χ1) is 14.0. The lowest BCUT2D eigenvalue weighted by Crippen LogP contribution is -2.25. The Kier molecular flexibility index (Phi) is 6.16. The number of nitriles is 1. The Labute approximate surface area is 177 Å². The number of imidazole rings is 1. The predicted octanol–water partition coefficient (Wildman–Crippen LogP) is 4.21. The van der Waals surface area contributed by atoms with Crippen molar-refractivity contribution in [2.24, 2.45) is 0 Å². The van der Waals surface area contributed by atoms with E-state index in [1.54, 1.807) is 27.0 Å². The number of halogens is 3. The van der Waals surface area contributed by atoms with Gasteiger partial charge in [-0.2, -0.15) is 18.4 Å². The van der Waals surface area contributed by atoms with E-state index >= 15 is 0 Å². The molecule has 0 aliphatic rings. The lowest BCUT2D eigenvalue weighted by molar-refractivity contribution is -0.0329. The number of pyridine rings is 1. The van der Waals surface area contributed by atoms with Gasteiger partial charge in [-0.1, -0.05) is 0 Å². The standard InChI is InChI=1S/C18H16F3N5O2S2/c1-4-30(27)13-5-11(28-17(2,3)9-22)7-23-16(13)12-8-26-10-24-15(6-14(26)25-12)29-18(19,20)21/h5-8,10H,4H2,1-3H3/t30-/m1/s1. The molecular weight excluding hydrogens is 439 g/mol. The summed E-state index contributed by atoms with van der Waals surface area (Å²) in [5.41, 5.74) is -4.68. The predicted molar refractivity (Wildman–Crippen MR) is 105 cm³/mol. The van der Waals surface area contributed by atoms with E-state index in [0.29, 0.717) is 22.0 Å². The molecule has 3 heterocycles. The number of hydrogen-bond donors (Lipinski definition) is 0. The van der Waals surface area contributed by atoms with E-state index in [0.717, 1.165) is 0 Å². The molecule has 0 N–H and O–H groups in total. The van der Waals surface area contributed by atoms with Gasteiger partial charge >= 0.3 is 5.51 Å². The van der Waals surface area contributed by atoms with Gasteiger partial charge in [0, 0.05) is 30.1 Å². The summed E-state index contributed by atoms with van der Waals surface area (Å²) < 4.78 is 57.4. The maximum atomic E-state index is 12.6. The van der Waals surface area contributed by atoms with Crippen molar-refractivity contribution in [1.82, 2.24) is 19.4 Å². The van der Waals surface area contributed by atoms with Gasteiger partial charge in [-0.15, -0.1) is 0 Å². The van der Waals surface area contributed by atoms with Gasteiger partial charge in [0.05, 0.1) is 6.20 Å². The monoisotopic (exact) mass is 455 g/mol. The first kappa shape index (κ1) is 22.2. The summed E-state index contributed by atoms with van der Waals surface area (Å²) in [6.45, 7) is 4.91. The topological polar surface area (TPSA) is 99.2 Å². The molecule has 0 radical (unpaired) electrons. The molecule has 30 heavy (non-hydrogen) atoms. The number of fused-ring (bicyclic) bond motifs is 1. The van der Waals surface area contributed by atoms with Crippen LogP contribution in [0.2, 0.25) is 0 Å². The molecule has 158 valence electrons. The Bertz CT molecular complexity index is 1110. The molecule has 0 bridgehead atoms. The molecule has 0 aliphatic carbocycles. The number of rotatable bonds is 6. The van der Waals surface area contributed by atoms with Gasteiger partial charge in [-0.3, -0.25) is 4.40 Å². The smallest absolute Gasteiger partial charge is 0.447 e. The zero-order valence-corrected chi connectivity index (χ0v) is 17.7. The Morgan fingerprint density at radius 3 is 2.67 bits per heavy atom. The van der Waals surface area contributed by atoms with E-state index < -0.39 is 22.3 Å². The van der Waals surface area contributed by atoms with E-state index in [-0.39, 0.29) is 28.2 Å². The number of hydrogen-bond acceptors (Lipinski definition) is 7. The highest BCUT2D eigenvalue weighted by atomic mass is 32.2. The van der Waals surface area contributed by atoms with Crippen molar-refractivity contribution in [2.45, 2.75) is 41.8 Å². The van der Waals surface area contributed by atoms with Crippen LogP contribution in [0.4, 0.5) is 13.2 Å². The quantitative estimate of drug-likeness (QED) is 0.312. The van der Waals surface area contributed by atoms with Crippen LogP contribution < -0.4 is 4.74 Å². The van der Waals surface area contributed by atoms with E-state index in [1.807, 2.05) is 6.07 Å². The van der Waals surface area contributed by atoms with E-state index in [1.165, 1.54) is 29.1 Å². The van der Waals surface area contributed by atoms with Crippen molar-refractivity contribution < 1.29 is 22.5 Å². The van der Waals surface area contributed by atoms with E-state index in [4.69, 9.17) is 10.00 Å². The summed E-state index contributed by atoms with van der Waals surface area (Å²) in [5, 5.41) is 8.90. The van der Waals surface area contributed by atoms with Gasteiger partial charge in [0.25, 0.3) is 0 Å². The zero-order valence-electron chi connectivity index (χ0n) is 16.1. The van der Waals surface area contributed by atoms with Crippen molar-refractivity contribution >= 4 is 28.6 Å². The highest BCUT2D eigenvalue weighted by Gasteiger charge is 2.30. The molecule has 1 atom stereocenters. The number of alkyl halides is 3. The summed E-state index contributed by atoms with van der Waals surface area (Å²) >= 11 is -1.76. The first-order valence-electron chi connectivity index (χ1n) is 8.61. The van der Waals surface area contributed by atoms with Crippen molar-refractivity contribution in [3.05, 3.63) is 30.9 Å². The van der Waals surface area contributed by atoms with E-state index in [9.17, 15) is 17.7 Å². The number of thioether (sulfide) groups is 1. The van der Waals surface area contributed by atoms with E-state index in [2.05, 4.69) is 15.0 Å². The summed E-state index contributed by atoms with van der Waals surface area (Å²) in [6, 6.07) is 4.76. The fourth-order valence-electron chi connectivity index (χ4n) is 2.48. The molecule has 3 rings (SSSR count). The molecule has 0 spiro atoms. The number of aromatic nitrogens is 4. The Hall–Kier alpha value is -2.49.